The van der Waals surface area contributed by atoms with Crippen LogP contribution in [0.1, 0.15) is 55.6 Å². The highest BCUT2D eigenvalue weighted by Crippen LogP contribution is 2.38. The highest BCUT2D eigenvalue weighted by molar-refractivity contribution is 5.79. The van der Waals surface area contributed by atoms with Crippen LogP contribution in [-0.4, -0.2) is 48.2 Å². The number of fused-ring (bicyclic) bond motifs is 1. The van der Waals surface area contributed by atoms with Crippen LogP contribution in [0.2, 0.25) is 0 Å². The van der Waals surface area contributed by atoms with Gasteiger partial charge in [0.1, 0.15) is 12.2 Å². The second-order valence-electron chi connectivity index (χ2n) is 7.70. The maximum Gasteiger partial charge on any atom is 0.227 e. The maximum atomic E-state index is 12.9. The minimum absolute atomic E-state index is 0.105. The predicted molar refractivity (Wildman–Crippen MR) is 90.9 cm³/mol. The summed E-state index contributed by atoms with van der Waals surface area (Å²) in [4.78, 5) is 19.2. The minimum atomic E-state index is 0.105. The summed E-state index contributed by atoms with van der Waals surface area (Å²) in [6.45, 7) is 2.47. The Balaban J connectivity index is 1.21. The third-order valence-electron chi connectivity index (χ3n) is 6.03. The number of piperidine rings is 1. The SMILES string of the molecule is O=C(C1CCc2cncn2C1)N1CCC(c2nncn2C2CC2)CC1. The number of hydrogen-bond donors (Lipinski definition) is 0. The molecule has 0 spiro atoms. The lowest BCUT2D eigenvalue weighted by Crippen LogP contribution is -2.43. The molecule has 7 heteroatoms. The van der Waals surface area contributed by atoms with E-state index in [1.807, 2.05) is 18.9 Å². The number of aromatic nitrogens is 5. The summed E-state index contributed by atoms with van der Waals surface area (Å²) in [5.41, 5.74) is 1.25. The van der Waals surface area contributed by atoms with Crippen LogP contribution in [0.25, 0.3) is 0 Å². The molecule has 25 heavy (non-hydrogen) atoms. The summed E-state index contributed by atoms with van der Waals surface area (Å²) in [7, 11) is 0. The average molecular weight is 340 g/mol. The Labute approximate surface area is 147 Å². The molecule has 2 aromatic rings. The van der Waals surface area contributed by atoms with Gasteiger partial charge in [0.05, 0.1) is 12.2 Å². The number of nitrogens with zero attached hydrogens (tertiary/aromatic N) is 6. The van der Waals surface area contributed by atoms with Crippen LogP contribution in [0.5, 0.6) is 0 Å². The largest absolute Gasteiger partial charge is 0.342 e. The van der Waals surface area contributed by atoms with Gasteiger partial charge in [0, 0.05) is 43.5 Å². The smallest absolute Gasteiger partial charge is 0.227 e. The molecule has 0 bridgehead atoms. The lowest BCUT2D eigenvalue weighted by molar-refractivity contribution is -0.137. The van der Waals surface area contributed by atoms with E-state index in [4.69, 9.17) is 0 Å². The van der Waals surface area contributed by atoms with Gasteiger partial charge in [-0.3, -0.25) is 4.79 Å². The number of carbonyl (C=O) groups excluding carboxylic acids is 1. The molecule has 2 aliphatic heterocycles. The van der Waals surface area contributed by atoms with Crippen molar-refractivity contribution in [2.24, 2.45) is 5.92 Å². The van der Waals surface area contributed by atoms with E-state index in [0.717, 1.165) is 51.1 Å². The molecule has 1 amide bonds. The molecule has 2 aromatic heterocycles. The molecule has 3 aliphatic rings. The Hall–Kier alpha value is -2.18. The van der Waals surface area contributed by atoms with Crippen molar-refractivity contribution >= 4 is 5.91 Å². The maximum absolute atomic E-state index is 12.9. The summed E-state index contributed by atoms with van der Waals surface area (Å²) in [6, 6.07) is 0.622. The first-order valence-electron chi connectivity index (χ1n) is 9.47. The number of likely N-dealkylation sites (tertiary alicyclic amines) is 1. The fourth-order valence-corrected chi connectivity index (χ4v) is 4.37. The van der Waals surface area contributed by atoms with Crippen molar-refractivity contribution in [3.05, 3.63) is 30.4 Å². The molecule has 1 atom stereocenters. The quantitative estimate of drug-likeness (QED) is 0.854. The Kier molecular flexibility index (Phi) is 3.60. The number of rotatable bonds is 3. The number of carbonyl (C=O) groups is 1. The highest BCUT2D eigenvalue weighted by Gasteiger charge is 2.34. The third-order valence-corrected chi connectivity index (χ3v) is 6.03. The molecular weight excluding hydrogens is 316 g/mol. The first-order chi connectivity index (χ1) is 12.3. The number of imidazole rings is 1. The van der Waals surface area contributed by atoms with Gasteiger partial charge in [0.15, 0.2) is 0 Å². The minimum Gasteiger partial charge on any atom is -0.342 e. The molecule has 5 rings (SSSR count). The number of aryl methyl sites for hydroxylation is 1. The summed E-state index contributed by atoms with van der Waals surface area (Å²) in [5.74, 6) is 2.00. The fourth-order valence-electron chi connectivity index (χ4n) is 4.37. The van der Waals surface area contributed by atoms with E-state index in [1.165, 1.54) is 18.5 Å². The van der Waals surface area contributed by atoms with Gasteiger partial charge < -0.3 is 14.0 Å². The molecule has 1 unspecified atom stereocenters. The lowest BCUT2D eigenvalue weighted by atomic mass is 9.92. The Bertz CT molecular complexity index is 768. The molecule has 1 aliphatic carbocycles. The van der Waals surface area contributed by atoms with Crippen molar-refractivity contribution in [1.29, 1.82) is 0 Å². The standard InChI is InChI=1S/C18H24N6O/c25-18(14-1-2-16-9-19-11-23(16)10-14)22-7-5-13(6-8-22)17-21-20-12-24(17)15-3-4-15/h9,11-15H,1-8,10H2. The zero-order chi connectivity index (χ0) is 16.8. The van der Waals surface area contributed by atoms with Crippen molar-refractivity contribution < 1.29 is 4.79 Å². The molecule has 132 valence electrons. The highest BCUT2D eigenvalue weighted by atomic mass is 16.2. The van der Waals surface area contributed by atoms with Gasteiger partial charge in [-0.1, -0.05) is 0 Å². The second kappa shape index (κ2) is 5.97. The van der Waals surface area contributed by atoms with Gasteiger partial charge >= 0.3 is 0 Å². The zero-order valence-electron chi connectivity index (χ0n) is 14.4. The summed E-state index contributed by atoms with van der Waals surface area (Å²) in [5, 5.41) is 8.51. The Morgan fingerprint density at radius 1 is 1.08 bits per heavy atom. The molecule has 2 fully saturated rings. The normalized spacial score (nSPS) is 24.3. The molecule has 0 N–H and O–H groups in total. The van der Waals surface area contributed by atoms with Crippen molar-refractivity contribution in [1.82, 2.24) is 29.2 Å². The van der Waals surface area contributed by atoms with Gasteiger partial charge in [-0.15, -0.1) is 10.2 Å². The van der Waals surface area contributed by atoms with E-state index in [0.29, 0.717) is 17.9 Å². The van der Waals surface area contributed by atoms with E-state index in [-0.39, 0.29) is 5.92 Å². The number of amides is 1. The van der Waals surface area contributed by atoms with Crippen LogP contribution in [-0.2, 0) is 17.8 Å². The zero-order valence-corrected chi connectivity index (χ0v) is 14.4. The first kappa shape index (κ1) is 15.1. The Morgan fingerprint density at radius 2 is 1.92 bits per heavy atom. The lowest BCUT2D eigenvalue weighted by Gasteiger charge is -2.35. The van der Waals surface area contributed by atoms with Gasteiger partial charge in [-0.2, -0.15) is 0 Å². The molecule has 7 nitrogen and oxygen atoms in total. The van der Waals surface area contributed by atoms with E-state index in [2.05, 4.69) is 29.2 Å². The van der Waals surface area contributed by atoms with Crippen molar-refractivity contribution in [2.75, 3.05) is 13.1 Å². The molecule has 1 saturated heterocycles. The predicted octanol–water partition coefficient (Wildman–Crippen LogP) is 1.78. The number of hydrogen-bond acceptors (Lipinski definition) is 4. The summed E-state index contributed by atoms with van der Waals surface area (Å²) >= 11 is 0. The van der Waals surface area contributed by atoms with E-state index >= 15 is 0 Å². The van der Waals surface area contributed by atoms with Gasteiger partial charge in [0.2, 0.25) is 5.91 Å². The van der Waals surface area contributed by atoms with Crippen LogP contribution in [0.4, 0.5) is 0 Å². The summed E-state index contributed by atoms with van der Waals surface area (Å²) in [6.07, 6.45) is 12.1. The summed E-state index contributed by atoms with van der Waals surface area (Å²) < 4.78 is 4.40. The molecule has 4 heterocycles. The fraction of sp³-hybridized carbons (Fsp3) is 0.667. The monoisotopic (exact) mass is 340 g/mol. The van der Waals surface area contributed by atoms with E-state index < -0.39 is 0 Å². The van der Waals surface area contributed by atoms with Crippen LogP contribution in [0.15, 0.2) is 18.9 Å². The van der Waals surface area contributed by atoms with Gasteiger partial charge in [-0.05, 0) is 38.5 Å². The van der Waals surface area contributed by atoms with Crippen LogP contribution in [0.3, 0.4) is 0 Å². The first-order valence-corrected chi connectivity index (χ1v) is 9.47. The second-order valence-corrected chi connectivity index (χ2v) is 7.70. The van der Waals surface area contributed by atoms with Gasteiger partial charge in [0.25, 0.3) is 0 Å². The average Bonchev–Trinajstić information content (AvgIpc) is 3.20. The molecule has 0 aromatic carbocycles. The van der Waals surface area contributed by atoms with Crippen LogP contribution < -0.4 is 0 Å². The van der Waals surface area contributed by atoms with Crippen molar-refractivity contribution in [3.63, 3.8) is 0 Å². The van der Waals surface area contributed by atoms with E-state index in [1.54, 1.807) is 0 Å². The topological polar surface area (TPSA) is 68.8 Å². The van der Waals surface area contributed by atoms with Crippen LogP contribution in [0, 0.1) is 5.92 Å². The molecule has 0 radical (unpaired) electrons. The van der Waals surface area contributed by atoms with Crippen LogP contribution >= 0.6 is 0 Å². The Morgan fingerprint density at radius 3 is 2.72 bits per heavy atom. The van der Waals surface area contributed by atoms with E-state index in [9.17, 15) is 4.79 Å². The van der Waals surface area contributed by atoms with Crippen molar-refractivity contribution in [3.8, 4) is 0 Å². The third kappa shape index (κ3) is 2.75. The van der Waals surface area contributed by atoms with Gasteiger partial charge in [-0.25, -0.2) is 4.98 Å². The molecular formula is C18H24N6O. The molecule has 1 saturated carbocycles. The van der Waals surface area contributed by atoms with Crippen molar-refractivity contribution in [2.45, 2.75) is 57.0 Å².